The Hall–Kier alpha value is -3.58. The average molecular weight is 448 g/mol. The number of nitrogens with one attached hydrogen (secondary N) is 1. The highest BCUT2D eigenvalue weighted by Crippen LogP contribution is 2.30. The molecule has 0 fully saturated rings. The van der Waals surface area contributed by atoms with Gasteiger partial charge in [-0.15, -0.1) is 11.8 Å². The number of fused-ring (bicyclic) bond motifs is 3. The molecule has 6 nitrogen and oxygen atoms in total. The number of carbonyl (C=O) groups excluding carboxylic acids is 3. The van der Waals surface area contributed by atoms with Gasteiger partial charge in [-0.2, -0.15) is 0 Å². The number of hydrogen-bond donors (Lipinski definition) is 1. The standard InChI is InChI=1S/C25H21NO5S/c1-15(27)26-20-11-17(8-10-23(20)32-2)21(28)14-31-24(29)12-18-13-30-22-9-7-16-5-3-4-6-19(16)25(18)22/h3-11,13H,12,14H2,1-2H3,(H,26,27). The molecule has 0 radical (unpaired) electrons. The average Bonchev–Trinajstić information content (AvgIpc) is 3.20. The van der Waals surface area contributed by atoms with Gasteiger partial charge in [0.05, 0.1) is 18.4 Å². The van der Waals surface area contributed by atoms with Crippen molar-refractivity contribution >= 4 is 56.9 Å². The van der Waals surface area contributed by atoms with Gasteiger partial charge in [-0.25, -0.2) is 0 Å². The molecule has 32 heavy (non-hydrogen) atoms. The first-order chi connectivity index (χ1) is 15.5. The first-order valence-electron chi connectivity index (χ1n) is 9.98. The largest absolute Gasteiger partial charge is 0.464 e. The Morgan fingerprint density at radius 3 is 2.66 bits per heavy atom. The number of anilines is 1. The van der Waals surface area contributed by atoms with E-state index in [2.05, 4.69) is 5.32 Å². The van der Waals surface area contributed by atoms with Crippen molar-refractivity contribution in [3.63, 3.8) is 0 Å². The zero-order valence-corrected chi connectivity index (χ0v) is 18.5. The van der Waals surface area contributed by atoms with E-state index in [-0.39, 0.29) is 24.7 Å². The summed E-state index contributed by atoms with van der Waals surface area (Å²) in [4.78, 5) is 37.3. The first kappa shape index (κ1) is 21.6. The van der Waals surface area contributed by atoms with E-state index in [1.807, 2.05) is 42.7 Å². The van der Waals surface area contributed by atoms with E-state index in [4.69, 9.17) is 9.15 Å². The highest BCUT2D eigenvalue weighted by Gasteiger charge is 2.16. The summed E-state index contributed by atoms with van der Waals surface area (Å²) in [5.41, 5.74) is 2.33. The van der Waals surface area contributed by atoms with Gasteiger partial charge in [0.15, 0.2) is 12.4 Å². The van der Waals surface area contributed by atoms with E-state index in [0.29, 0.717) is 22.4 Å². The van der Waals surface area contributed by atoms with Crippen LogP contribution >= 0.6 is 11.8 Å². The highest BCUT2D eigenvalue weighted by atomic mass is 32.2. The molecule has 0 atom stereocenters. The molecule has 1 amide bonds. The SMILES string of the molecule is CSc1ccc(C(=O)COC(=O)Cc2coc3ccc4ccccc4c23)cc1NC(C)=O. The monoisotopic (exact) mass is 447 g/mol. The van der Waals surface area contributed by atoms with Crippen molar-refractivity contribution in [2.24, 2.45) is 0 Å². The third-order valence-corrected chi connectivity index (χ3v) is 5.87. The molecule has 1 heterocycles. The minimum Gasteiger partial charge on any atom is -0.464 e. The number of furan rings is 1. The number of esters is 1. The summed E-state index contributed by atoms with van der Waals surface area (Å²) in [6.45, 7) is 1.02. The number of benzene rings is 3. The Morgan fingerprint density at radius 2 is 1.88 bits per heavy atom. The molecule has 1 N–H and O–H groups in total. The van der Waals surface area contributed by atoms with Gasteiger partial charge >= 0.3 is 5.97 Å². The third kappa shape index (κ3) is 4.53. The van der Waals surface area contributed by atoms with Crippen LogP contribution in [-0.2, 0) is 20.7 Å². The Labute approximate surface area is 188 Å². The van der Waals surface area contributed by atoms with Gasteiger partial charge in [0.2, 0.25) is 5.91 Å². The minimum atomic E-state index is -0.517. The van der Waals surface area contributed by atoms with Crippen molar-refractivity contribution in [2.75, 3.05) is 18.2 Å². The van der Waals surface area contributed by atoms with E-state index < -0.39 is 5.97 Å². The summed E-state index contributed by atoms with van der Waals surface area (Å²) in [5, 5.41) is 5.64. The first-order valence-corrected chi connectivity index (χ1v) is 11.2. The van der Waals surface area contributed by atoms with Crippen molar-refractivity contribution < 1.29 is 23.5 Å². The van der Waals surface area contributed by atoms with E-state index in [1.54, 1.807) is 24.5 Å². The quantitative estimate of drug-likeness (QED) is 0.237. The van der Waals surface area contributed by atoms with Crippen LogP contribution in [0.4, 0.5) is 5.69 Å². The number of hydrogen-bond acceptors (Lipinski definition) is 6. The lowest BCUT2D eigenvalue weighted by Crippen LogP contribution is -2.16. The van der Waals surface area contributed by atoms with E-state index >= 15 is 0 Å². The number of amides is 1. The van der Waals surface area contributed by atoms with Crippen molar-refractivity contribution in [3.05, 3.63) is 72.0 Å². The predicted molar refractivity (Wildman–Crippen MR) is 125 cm³/mol. The fourth-order valence-electron chi connectivity index (χ4n) is 3.61. The van der Waals surface area contributed by atoms with E-state index in [1.165, 1.54) is 18.7 Å². The van der Waals surface area contributed by atoms with Gasteiger partial charge in [-0.1, -0.05) is 36.4 Å². The molecule has 0 aliphatic heterocycles. The van der Waals surface area contributed by atoms with E-state index in [9.17, 15) is 14.4 Å². The second-order valence-electron chi connectivity index (χ2n) is 7.28. The van der Waals surface area contributed by atoms with Crippen molar-refractivity contribution in [3.8, 4) is 0 Å². The Balaban J connectivity index is 1.46. The lowest BCUT2D eigenvalue weighted by molar-refractivity contribution is -0.141. The van der Waals surface area contributed by atoms with Crippen LogP contribution in [0.25, 0.3) is 21.7 Å². The number of ether oxygens (including phenoxy) is 1. The molecule has 162 valence electrons. The summed E-state index contributed by atoms with van der Waals surface area (Å²) in [6.07, 6.45) is 3.44. The number of thioether (sulfide) groups is 1. The molecule has 3 aromatic carbocycles. The van der Waals surface area contributed by atoms with Crippen LogP contribution in [0.3, 0.4) is 0 Å². The topological polar surface area (TPSA) is 85.6 Å². The fraction of sp³-hybridized carbons (Fsp3) is 0.160. The highest BCUT2D eigenvalue weighted by molar-refractivity contribution is 7.98. The number of rotatable bonds is 7. The van der Waals surface area contributed by atoms with Crippen molar-refractivity contribution in [2.45, 2.75) is 18.2 Å². The maximum Gasteiger partial charge on any atom is 0.310 e. The molecule has 0 spiro atoms. The third-order valence-electron chi connectivity index (χ3n) is 5.07. The van der Waals surface area contributed by atoms with Gasteiger partial charge in [0.25, 0.3) is 0 Å². The second kappa shape index (κ2) is 9.28. The molecule has 0 saturated heterocycles. The van der Waals surface area contributed by atoms with Crippen molar-refractivity contribution in [1.29, 1.82) is 0 Å². The zero-order chi connectivity index (χ0) is 22.7. The van der Waals surface area contributed by atoms with Gasteiger partial charge in [-0.3, -0.25) is 14.4 Å². The molecular formula is C25H21NO5S. The second-order valence-corrected chi connectivity index (χ2v) is 8.13. The maximum absolute atomic E-state index is 12.6. The lowest BCUT2D eigenvalue weighted by atomic mass is 10.0. The van der Waals surface area contributed by atoms with E-state index in [0.717, 1.165) is 21.1 Å². The smallest absolute Gasteiger partial charge is 0.310 e. The summed E-state index contributed by atoms with van der Waals surface area (Å²) >= 11 is 1.46. The van der Waals surface area contributed by atoms with Gasteiger partial charge < -0.3 is 14.5 Å². The van der Waals surface area contributed by atoms with Crippen LogP contribution in [0.5, 0.6) is 0 Å². The van der Waals surface area contributed by atoms with Gasteiger partial charge in [0.1, 0.15) is 5.58 Å². The molecule has 4 aromatic rings. The van der Waals surface area contributed by atoms with Crippen LogP contribution in [0, 0.1) is 0 Å². The van der Waals surface area contributed by atoms with Crippen molar-refractivity contribution in [1.82, 2.24) is 0 Å². The minimum absolute atomic E-state index is 0.00313. The number of ketones is 1. The van der Waals surface area contributed by atoms with Crippen LogP contribution in [0.15, 0.2) is 70.2 Å². The Morgan fingerprint density at radius 1 is 1.06 bits per heavy atom. The van der Waals surface area contributed by atoms with Crippen LogP contribution < -0.4 is 5.32 Å². The number of Topliss-reactive ketones (excluding diaryl/α,β-unsaturated/α-hetero) is 1. The molecule has 0 aliphatic rings. The van der Waals surface area contributed by atoms with Crippen LogP contribution in [0.1, 0.15) is 22.8 Å². The molecular weight excluding hydrogens is 426 g/mol. The molecule has 1 aromatic heterocycles. The molecule has 0 unspecified atom stereocenters. The maximum atomic E-state index is 12.6. The molecule has 0 saturated carbocycles. The number of carbonyl (C=O) groups is 3. The molecule has 0 bridgehead atoms. The Bertz CT molecular complexity index is 1340. The zero-order valence-electron chi connectivity index (χ0n) is 17.6. The summed E-state index contributed by atoms with van der Waals surface area (Å²) in [7, 11) is 0. The van der Waals surface area contributed by atoms with Crippen LogP contribution in [0.2, 0.25) is 0 Å². The molecule has 0 aliphatic carbocycles. The lowest BCUT2D eigenvalue weighted by Gasteiger charge is -2.10. The fourth-order valence-corrected chi connectivity index (χ4v) is 4.14. The van der Waals surface area contributed by atoms with Crippen LogP contribution in [-0.4, -0.2) is 30.5 Å². The van der Waals surface area contributed by atoms with Gasteiger partial charge in [-0.05, 0) is 35.2 Å². The normalized spacial score (nSPS) is 10.9. The predicted octanol–water partition coefficient (Wildman–Crippen LogP) is 5.23. The Kier molecular flexibility index (Phi) is 6.28. The van der Waals surface area contributed by atoms with Gasteiger partial charge in [0, 0.05) is 28.3 Å². The summed E-state index contributed by atoms with van der Waals surface area (Å²) in [6, 6.07) is 16.7. The summed E-state index contributed by atoms with van der Waals surface area (Å²) in [5.74, 6) is -1.09. The molecule has 4 rings (SSSR count). The summed E-state index contributed by atoms with van der Waals surface area (Å²) < 4.78 is 10.9. The molecule has 7 heteroatoms.